The van der Waals surface area contributed by atoms with Crippen molar-refractivity contribution in [3.63, 3.8) is 0 Å². The fourth-order valence-electron chi connectivity index (χ4n) is 1.89. The monoisotopic (exact) mass is 261 g/mol. The third-order valence-electron chi connectivity index (χ3n) is 2.60. The molecule has 1 heterocycles. The first-order valence-electron chi connectivity index (χ1n) is 5.46. The van der Waals surface area contributed by atoms with Gasteiger partial charge in [-0.15, -0.1) is 11.8 Å². The Balaban J connectivity index is 2.71. The fraction of sp³-hybridized carbons (Fsp3) is 0.250. The van der Waals surface area contributed by atoms with Crippen molar-refractivity contribution in [1.82, 2.24) is 14.8 Å². The summed E-state index contributed by atoms with van der Waals surface area (Å²) in [6, 6.07) is 5.78. The quantitative estimate of drug-likeness (QED) is 0.502. The number of hydrogen-bond donors (Lipinski definition) is 2. The molecule has 0 fully saturated rings. The van der Waals surface area contributed by atoms with E-state index in [1.807, 2.05) is 38.3 Å². The maximum atomic E-state index is 7.75. The Hall–Kier alpha value is -1.82. The normalized spacial score (nSPS) is 10.6. The Morgan fingerprint density at radius 1 is 1.39 bits per heavy atom. The van der Waals surface area contributed by atoms with E-state index in [2.05, 4.69) is 10.1 Å². The number of nitrogens with one attached hydrogen (secondary N) is 1. The number of amidine groups is 1. The highest BCUT2D eigenvalue weighted by molar-refractivity contribution is 7.98. The van der Waals surface area contributed by atoms with E-state index in [4.69, 9.17) is 11.1 Å². The lowest BCUT2D eigenvalue weighted by atomic mass is 10.1. The predicted octanol–water partition coefficient (Wildman–Crippen LogP) is 1.89. The van der Waals surface area contributed by atoms with Crippen LogP contribution in [0.25, 0.3) is 5.69 Å². The van der Waals surface area contributed by atoms with E-state index >= 15 is 0 Å². The van der Waals surface area contributed by atoms with Gasteiger partial charge in [0.25, 0.3) is 0 Å². The third-order valence-corrected chi connectivity index (χ3v) is 3.38. The van der Waals surface area contributed by atoms with Crippen molar-refractivity contribution in [1.29, 1.82) is 5.41 Å². The van der Waals surface area contributed by atoms with Gasteiger partial charge in [0.1, 0.15) is 17.5 Å². The van der Waals surface area contributed by atoms with Crippen molar-refractivity contribution in [2.24, 2.45) is 5.73 Å². The Morgan fingerprint density at radius 3 is 2.61 bits per heavy atom. The first kappa shape index (κ1) is 12.6. The minimum atomic E-state index is 0.0440. The van der Waals surface area contributed by atoms with Crippen LogP contribution in [0.5, 0.6) is 0 Å². The smallest absolute Gasteiger partial charge is 0.148 e. The van der Waals surface area contributed by atoms with E-state index in [1.165, 1.54) is 0 Å². The summed E-state index contributed by atoms with van der Waals surface area (Å²) in [6.07, 6.45) is 1.96. The Kier molecular flexibility index (Phi) is 3.38. The number of hydrogen-bond acceptors (Lipinski definition) is 4. The van der Waals surface area contributed by atoms with Gasteiger partial charge in [-0.25, -0.2) is 9.67 Å². The van der Waals surface area contributed by atoms with Crippen LogP contribution in [0.2, 0.25) is 0 Å². The zero-order valence-corrected chi connectivity index (χ0v) is 11.4. The van der Waals surface area contributed by atoms with Crippen LogP contribution < -0.4 is 5.73 Å². The van der Waals surface area contributed by atoms with Gasteiger partial charge in [-0.3, -0.25) is 5.41 Å². The summed E-state index contributed by atoms with van der Waals surface area (Å²) in [6.45, 7) is 3.73. The molecule has 0 radical (unpaired) electrons. The minimum absolute atomic E-state index is 0.0440. The van der Waals surface area contributed by atoms with Crippen molar-refractivity contribution >= 4 is 17.6 Å². The number of nitrogens with two attached hydrogens (primary N) is 1. The molecule has 1 aromatic carbocycles. The van der Waals surface area contributed by atoms with Crippen LogP contribution in [-0.4, -0.2) is 26.9 Å². The third kappa shape index (κ3) is 2.11. The highest BCUT2D eigenvalue weighted by Crippen LogP contribution is 2.26. The molecule has 0 spiro atoms. The average Bonchev–Trinajstić information content (AvgIpc) is 2.67. The van der Waals surface area contributed by atoms with E-state index in [1.54, 1.807) is 16.4 Å². The number of benzene rings is 1. The summed E-state index contributed by atoms with van der Waals surface area (Å²) >= 11 is 1.56. The second-order valence-corrected chi connectivity index (χ2v) is 4.73. The van der Waals surface area contributed by atoms with Crippen LogP contribution in [-0.2, 0) is 0 Å². The summed E-state index contributed by atoms with van der Waals surface area (Å²) in [7, 11) is 0. The van der Waals surface area contributed by atoms with Gasteiger partial charge in [-0.1, -0.05) is 6.07 Å². The number of rotatable bonds is 3. The van der Waals surface area contributed by atoms with Crippen molar-refractivity contribution < 1.29 is 0 Å². The Labute approximate surface area is 110 Å². The van der Waals surface area contributed by atoms with Gasteiger partial charge in [-0.2, -0.15) is 5.10 Å². The van der Waals surface area contributed by atoms with E-state index in [-0.39, 0.29) is 5.84 Å². The molecule has 5 nitrogen and oxygen atoms in total. The van der Waals surface area contributed by atoms with Crippen LogP contribution in [0.1, 0.15) is 17.2 Å². The molecule has 0 unspecified atom stereocenters. The van der Waals surface area contributed by atoms with E-state index in [9.17, 15) is 0 Å². The predicted molar refractivity (Wildman–Crippen MR) is 73.6 cm³/mol. The Bertz CT molecular complexity index is 603. The Morgan fingerprint density at radius 2 is 2.11 bits per heavy atom. The lowest BCUT2D eigenvalue weighted by Crippen LogP contribution is -2.17. The molecule has 0 saturated carbocycles. The number of nitrogen functional groups attached to an aromatic ring is 1. The summed E-state index contributed by atoms with van der Waals surface area (Å²) < 4.78 is 1.73. The number of thioether (sulfide) groups is 1. The summed E-state index contributed by atoms with van der Waals surface area (Å²) in [5.41, 5.74) is 7.20. The molecule has 2 rings (SSSR count). The molecule has 3 N–H and O–H groups in total. The molecule has 0 bridgehead atoms. The zero-order valence-electron chi connectivity index (χ0n) is 10.6. The van der Waals surface area contributed by atoms with Gasteiger partial charge >= 0.3 is 0 Å². The van der Waals surface area contributed by atoms with Crippen molar-refractivity contribution in [2.45, 2.75) is 18.7 Å². The molecule has 6 heteroatoms. The standard InChI is InChI=1S/C12H15N5S/c1-7-15-8(2)17(16-7)9-5-4-6-10(18-3)11(9)12(13)14/h4-6H,1-3H3,(H3,13,14). The second kappa shape index (κ2) is 4.81. The average molecular weight is 261 g/mol. The van der Waals surface area contributed by atoms with Crippen LogP contribution in [0.3, 0.4) is 0 Å². The number of aryl methyl sites for hydroxylation is 2. The maximum Gasteiger partial charge on any atom is 0.148 e. The molecule has 18 heavy (non-hydrogen) atoms. The molecule has 0 amide bonds. The summed E-state index contributed by atoms with van der Waals surface area (Å²) in [5.74, 6) is 1.53. The van der Waals surface area contributed by atoms with Crippen molar-refractivity contribution in [3.05, 3.63) is 35.4 Å². The van der Waals surface area contributed by atoms with Gasteiger partial charge in [0.05, 0.1) is 11.3 Å². The molecule has 0 aliphatic carbocycles. The van der Waals surface area contributed by atoms with Crippen LogP contribution in [0.4, 0.5) is 0 Å². The fourth-order valence-corrected chi connectivity index (χ4v) is 2.52. The van der Waals surface area contributed by atoms with Gasteiger partial charge in [0.2, 0.25) is 0 Å². The van der Waals surface area contributed by atoms with E-state index in [0.29, 0.717) is 11.4 Å². The maximum absolute atomic E-state index is 7.75. The van der Waals surface area contributed by atoms with E-state index in [0.717, 1.165) is 16.4 Å². The lowest BCUT2D eigenvalue weighted by molar-refractivity contribution is 0.826. The molecular weight excluding hydrogens is 246 g/mol. The SMILES string of the molecule is CSc1cccc(-n2nc(C)nc2C)c1C(=N)N. The lowest BCUT2D eigenvalue weighted by Gasteiger charge is -2.12. The summed E-state index contributed by atoms with van der Waals surface area (Å²) in [4.78, 5) is 5.24. The molecule has 0 atom stereocenters. The van der Waals surface area contributed by atoms with Gasteiger partial charge in [0, 0.05) is 4.90 Å². The van der Waals surface area contributed by atoms with Crippen LogP contribution in [0.15, 0.2) is 23.1 Å². The summed E-state index contributed by atoms with van der Waals surface area (Å²) in [5, 5.41) is 12.1. The molecule has 0 saturated heterocycles. The molecule has 2 aromatic rings. The highest BCUT2D eigenvalue weighted by atomic mass is 32.2. The molecule has 1 aromatic heterocycles. The molecule has 94 valence electrons. The second-order valence-electron chi connectivity index (χ2n) is 3.89. The zero-order chi connectivity index (χ0) is 13.3. The van der Waals surface area contributed by atoms with Crippen molar-refractivity contribution in [3.8, 4) is 5.69 Å². The largest absolute Gasteiger partial charge is 0.384 e. The van der Waals surface area contributed by atoms with Gasteiger partial charge in [-0.05, 0) is 32.2 Å². The molecule has 0 aliphatic rings. The van der Waals surface area contributed by atoms with Crippen LogP contribution in [0, 0.1) is 19.3 Å². The first-order valence-corrected chi connectivity index (χ1v) is 6.69. The highest BCUT2D eigenvalue weighted by Gasteiger charge is 2.15. The van der Waals surface area contributed by atoms with E-state index < -0.39 is 0 Å². The van der Waals surface area contributed by atoms with Gasteiger partial charge < -0.3 is 5.73 Å². The number of nitrogens with zero attached hydrogens (tertiary/aromatic N) is 3. The first-order chi connectivity index (χ1) is 8.54. The van der Waals surface area contributed by atoms with Crippen molar-refractivity contribution in [2.75, 3.05) is 6.26 Å². The van der Waals surface area contributed by atoms with Gasteiger partial charge in [0.15, 0.2) is 0 Å². The molecule has 0 aliphatic heterocycles. The molecular formula is C12H15N5S. The topological polar surface area (TPSA) is 80.6 Å². The van der Waals surface area contributed by atoms with Crippen LogP contribution >= 0.6 is 11.8 Å². The number of aromatic nitrogens is 3. The minimum Gasteiger partial charge on any atom is -0.384 e.